The Hall–Kier alpha value is -0.320. The minimum Gasteiger partial charge on any atom is -0.388 e. The first-order valence-corrected chi connectivity index (χ1v) is 5.32. The van der Waals surface area contributed by atoms with Crippen LogP contribution in [0.25, 0.3) is 0 Å². The van der Waals surface area contributed by atoms with Gasteiger partial charge in [0.05, 0.1) is 13.2 Å². The summed E-state index contributed by atoms with van der Waals surface area (Å²) in [5.41, 5.74) is 5.18. The van der Waals surface area contributed by atoms with E-state index in [0.717, 1.165) is 0 Å². The van der Waals surface area contributed by atoms with Crippen LogP contribution in [-0.4, -0.2) is 82.1 Å². The smallest absolute Gasteiger partial charge is 0.184 e. The fourth-order valence-corrected chi connectivity index (χ4v) is 1.59. The van der Waals surface area contributed by atoms with Gasteiger partial charge in [0.2, 0.25) is 0 Å². The lowest BCUT2D eigenvalue weighted by molar-refractivity contribution is -0.299. The Kier molecular flexibility index (Phi) is 5.70. The average molecular weight is 253 g/mol. The number of aliphatic hydroxyl groups is 5. The third-order valence-corrected chi connectivity index (χ3v) is 2.56. The molecule has 0 spiro atoms. The quantitative estimate of drug-likeness (QED) is 0.273. The van der Waals surface area contributed by atoms with Crippen LogP contribution < -0.4 is 5.73 Å². The van der Waals surface area contributed by atoms with Gasteiger partial charge in [0.1, 0.15) is 30.5 Å². The molecule has 0 radical (unpaired) electrons. The Bertz CT molecular complexity index is 229. The van der Waals surface area contributed by atoms with Gasteiger partial charge in [-0.3, -0.25) is 0 Å². The molecule has 1 heterocycles. The molecule has 1 fully saturated rings. The van der Waals surface area contributed by atoms with E-state index in [-0.39, 0.29) is 19.8 Å². The predicted octanol–water partition coefficient (Wildman–Crippen LogP) is -3.88. The predicted molar refractivity (Wildman–Crippen MR) is 54.8 cm³/mol. The molecule has 7 N–H and O–H groups in total. The number of hydrogen-bond donors (Lipinski definition) is 6. The lowest BCUT2D eigenvalue weighted by atomic mass is 9.96. The monoisotopic (exact) mass is 253 g/mol. The number of aliphatic hydroxyl groups excluding tert-OH is 5. The molecule has 1 aliphatic rings. The van der Waals surface area contributed by atoms with Crippen LogP contribution >= 0.6 is 0 Å². The van der Waals surface area contributed by atoms with Gasteiger partial charge in [-0.1, -0.05) is 0 Å². The Morgan fingerprint density at radius 2 is 1.76 bits per heavy atom. The first-order chi connectivity index (χ1) is 7.99. The maximum absolute atomic E-state index is 9.64. The zero-order valence-corrected chi connectivity index (χ0v) is 9.22. The Morgan fingerprint density at radius 3 is 2.35 bits per heavy atom. The van der Waals surface area contributed by atoms with Crippen LogP contribution in [0.3, 0.4) is 0 Å². The molecule has 0 bridgehead atoms. The van der Waals surface area contributed by atoms with E-state index in [2.05, 4.69) is 0 Å². The number of nitrogens with two attached hydrogens (primary N) is 1. The summed E-state index contributed by atoms with van der Waals surface area (Å²) in [5.74, 6) is 0. The van der Waals surface area contributed by atoms with Crippen molar-refractivity contribution in [1.82, 2.24) is 0 Å². The minimum atomic E-state index is -1.66. The molecule has 0 aromatic rings. The second kappa shape index (κ2) is 6.57. The largest absolute Gasteiger partial charge is 0.388 e. The third kappa shape index (κ3) is 3.57. The van der Waals surface area contributed by atoms with Gasteiger partial charge < -0.3 is 40.7 Å². The van der Waals surface area contributed by atoms with Crippen LogP contribution in [0.4, 0.5) is 0 Å². The molecule has 0 saturated carbocycles. The van der Waals surface area contributed by atoms with Crippen molar-refractivity contribution < 1.29 is 35.0 Å². The van der Waals surface area contributed by atoms with Crippen molar-refractivity contribution in [2.45, 2.75) is 36.8 Å². The molecule has 1 rings (SSSR count). The first-order valence-electron chi connectivity index (χ1n) is 5.32. The summed E-state index contributed by atoms with van der Waals surface area (Å²) in [6.07, 6.45) is -8.85. The summed E-state index contributed by atoms with van der Waals surface area (Å²) in [7, 11) is 0. The van der Waals surface area contributed by atoms with E-state index in [9.17, 15) is 25.5 Å². The molecule has 1 saturated heterocycles. The number of rotatable bonds is 5. The number of hydrogen-bond acceptors (Lipinski definition) is 8. The lowest BCUT2D eigenvalue weighted by Crippen LogP contribution is -2.61. The fraction of sp³-hybridized carbons (Fsp3) is 1.00. The van der Waals surface area contributed by atoms with Crippen LogP contribution in [0.2, 0.25) is 0 Å². The molecule has 8 heteroatoms. The second-order valence-electron chi connectivity index (χ2n) is 3.89. The highest BCUT2D eigenvalue weighted by atomic mass is 16.6. The summed E-state index contributed by atoms with van der Waals surface area (Å²) in [6.45, 7) is 0.354. The summed E-state index contributed by atoms with van der Waals surface area (Å²) in [4.78, 5) is 0. The summed E-state index contributed by atoms with van der Waals surface area (Å²) >= 11 is 0. The average Bonchev–Trinajstić information content (AvgIpc) is 2.31. The van der Waals surface area contributed by atoms with Crippen LogP contribution in [0.5, 0.6) is 0 Å². The standard InChI is InChI=1S/C9H19NO7/c10-1-2-16-3-4(11)8-6(13)5(12)7(14)9(15)17-8/h4-9,11-15H,1-3,10H2/t4-,5+,6+,7?,8?,9-/m1/s1. The minimum absolute atomic E-state index is 0.158. The van der Waals surface area contributed by atoms with Crippen molar-refractivity contribution in [3.63, 3.8) is 0 Å². The molecule has 0 aromatic heterocycles. The summed E-state index contributed by atoms with van der Waals surface area (Å²) < 4.78 is 9.76. The zero-order valence-electron chi connectivity index (χ0n) is 9.22. The molecule has 0 amide bonds. The molecule has 0 aliphatic carbocycles. The number of ether oxygens (including phenoxy) is 2. The van der Waals surface area contributed by atoms with E-state index in [1.54, 1.807) is 0 Å². The Labute approximate surface area is 98.2 Å². The molecule has 2 unspecified atom stereocenters. The SMILES string of the molecule is NCCOC[C@@H](O)C1O[C@@H](O)C(O)[C@@H](O)[C@@H]1O. The molecule has 8 nitrogen and oxygen atoms in total. The van der Waals surface area contributed by atoms with Crippen molar-refractivity contribution in [2.24, 2.45) is 5.73 Å². The van der Waals surface area contributed by atoms with Gasteiger partial charge >= 0.3 is 0 Å². The van der Waals surface area contributed by atoms with Crippen LogP contribution in [0.15, 0.2) is 0 Å². The lowest BCUT2D eigenvalue weighted by Gasteiger charge is -2.40. The summed E-state index contributed by atoms with van der Waals surface area (Å²) in [6, 6.07) is 0. The van der Waals surface area contributed by atoms with E-state index in [4.69, 9.17) is 15.2 Å². The highest BCUT2D eigenvalue weighted by molar-refractivity contribution is 4.91. The van der Waals surface area contributed by atoms with Gasteiger partial charge in [0, 0.05) is 6.54 Å². The maximum Gasteiger partial charge on any atom is 0.184 e. The van der Waals surface area contributed by atoms with Crippen molar-refractivity contribution in [1.29, 1.82) is 0 Å². The van der Waals surface area contributed by atoms with Gasteiger partial charge in [-0.05, 0) is 0 Å². The van der Waals surface area contributed by atoms with Gasteiger partial charge in [0.15, 0.2) is 6.29 Å². The van der Waals surface area contributed by atoms with Crippen molar-refractivity contribution in [3.8, 4) is 0 Å². The van der Waals surface area contributed by atoms with Gasteiger partial charge in [-0.15, -0.1) is 0 Å². The highest BCUT2D eigenvalue weighted by Crippen LogP contribution is 2.22. The topological polar surface area (TPSA) is 146 Å². The first kappa shape index (κ1) is 14.7. The van der Waals surface area contributed by atoms with Crippen LogP contribution in [0.1, 0.15) is 0 Å². The van der Waals surface area contributed by atoms with Gasteiger partial charge in [0.25, 0.3) is 0 Å². The normalized spacial score (nSPS) is 40.2. The molecular formula is C9H19NO7. The van der Waals surface area contributed by atoms with E-state index >= 15 is 0 Å². The van der Waals surface area contributed by atoms with Crippen molar-refractivity contribution in [3.05, 3.63) is 0 Å². The van der Waals surface area contributed by atoms with Gasteiger partial charge in [-0.2, -0.15) is 0 Å². The van der Waals surface area contributed by atoms with E-state index in [1.165, 1.54) is 0 Å². The fourth-order valence-electron chi connectivity index (χ4n) is 1.59. The molecule has 6 atom stereocenters. The summed E-state index contributed by atoms with van der Waals surface area (Å²) in [5, 5.41) is 47.1. The van der Waals surface area contributed by atoms with Crippen LogP contribution in [0, 0.1) is 0 Å². The molecule has 1 aliphatic heterocycles. The molecular weight excluding hydrogens is 234 g/mol. The van der Waals surface area contributed by atoms with E-state index in [0.29, 0.717) is 0 Å². The Balaban J connectivity index is 2.51. The molecule has 0 aromatic carbocycles. The van der Waals surface area contributed by atoms with Gasteiger partial charge in [-0.25, -0.2) is 0 Å². The van der Waals surface area contributed by atoms with Crippen molar-refractivity contribution >= 4 is 0 Å². The van der Waals surface area contributed by atoms with E-state index < -0.39 is 36.8 Å². The zero-order chi connectivity index (χ0) is 13.0. The Morgan fingerprint density at radius 1 is 1.12 bits per heavy atom. The highest BCUT2D eigenvalue weighted by Gasteiger charge is 2.45. The van der Waals surface area contributed by atoms with E-state index in [1.807, 2.05) is 0 Å². The molecule has 17 heavy (non-hydrogen) atoms. The van der Waals surface area contributed by atoms with Crippen molar-refractivity contribution in [2.75, 3.05) is 19.8 Å². The second-order valence-corrected chi connectivity index (χ2v) is 3.89. The van der Waals surface area contributed by atoms with Crippen LogP contribution in [-0.2, 0) is 9.47 Å². The molecule has 102 valence electrons. The maximum atomic E-state index is 9.64. The third-order valence-electron chi connectivity index (χ3n) is 2.56.